The third-order valence-electron chi connectivity index (χ3n) is 1.78. The van der Waals surface area contributed by atoms with Crippen LogP contribution >= 0.6 is 0 Å². The van der Waals surface area contributed by atoms with Crippen LogP contribution in [0.3, 0.4) is 0 Å². The van der Waals surface area contributed by atoms with E-state index in [1.54, 1.807) is 6.07 Å². The van der Waals surface area contributed by atoms with E-state index in [0.29, 0.717) is 5.76 Å². The first-order valence-corrected chi connectivity index (χ1v) is 3.99. The van der Waals surface area contributed by atoms with Crippen molar-refractivity contribution in [2.45, 2.75) is 26.3 Å². The van der Waals surface area contributed by atoms with Crippen LogP contribution in [0.5, 0.6) is 0 Å². The Morgan fingerprint density at radius 1 is 1.67 bits per heavy atom. The molecule has 0 saturated carbocycles. The Hall–Kier alpha value is -1.09. The zero-order valence-corrected chi connectivity index (χ0v) is 7.33. The van der Waals surface area contributed by atoms with Gasteiger partial charge in [0.05, 0.1) is 0 Å². The third kappa shape index (κ3) is 1.74. The minimum atomic E-state index is -0.606. The largest absolute Gasteiger partial charge is 0.464 e. The number of carbonyl (C=O) groups excluding carboxylic acids is 1. The molecule has 12 heavy (non-hydrogen) atoms. The molecule has 0 aliphatic carbocycles. The highest BCUT2D eigenvalue weighted by Gasteiger charge is 2.14. The van der Waals surface area contributed by atoms with E-state index in [2.05, 4.69) is 0 Å². The van der Waals surface area contributed by atoms with Gasteiger partial charge < -0.3 is 10.2 Å². The first kappa shape index (κ1) is 9.00. The van der Waals surface area contributed by atoms with Gasteiger partial charge in [-0.1, -0.05) is 6.92 Å². The molecule has 1 unspecified atom stereocenters. The van der Waals surface area contributed by atoms with Crippen LogP contribution in [-0.2, 0) is 11.2 Å². The van der Waals surface area contributed by atoms with Gasteiger partial charge in [-0.05, 0) is 19.1 Å². The molecule has 0 fully saturated rings. The average Bonchev–Trinajstić information content (AvgIpc) is 2.50. The van der Waals surface area contributed by atoms with Gasteiger partial charge in [-0.3, -0.25) is 4.79 Å². The van der Waals surface area contributed by atoms with Crippen molar-refractivity contribution in [1.82, 2.24) is 0 Å². The summed E-state index contributed by atoms with van der Waals surface area (Å²) in [4.78, 5) is 10.9. The zero-order chi connectivity index (χ0) is 9.14. The second kappa shape index (κ2) is 3.54. The summed E-state index contributed by atoms with van der Waals surface area (Å²) in [6.45, 7) is 3.45. The van der Waals surface area contributed by atoms with Crippen LogP contribution in [0, 0.1) is 0 Å². The second-order valence-electron chi connectivity index (χ2n) is 2.75. The van der Waals surface area contributed by atoms with Crippen molar-refractivity contribution in [1.29, 1.82) is 0 Å². The summed E-state index contributed by atoms with van der Waals surface area (Å²) in [5.74, 6) is 1.34. The molecule has 0 spiro atoms. The maximum absolute atomic E-state index is 10.9. The van der Waals surface area contributed by atoms with Crippen LogP contribution in [-0.4, -0.2) is 5.78 Å². The summed E-state index contributed by atoms with van der Waals surface area (Å²) in [6.07, 6.45) is 0.824. The number of rotatable bonds is 3. The van der Waals surface area contributed by atoms with E-state index in [4.69, 9.17) is 10.2 Å². The lowest BCUT2D eigenvalue weighted by atomic mass is 10.2. The maximum Gasteiger partial charge on any atom is 0.154 e. The summed E-state index contributed by atoms with van der Waals surface area (Å²) < 4.78 is 5.31. The van der Waals surface area contributed by atoms with Crippen molar-refractivity contribution in [3.05, 3.63) is 23.7 Å². The third-order valence-corrected chi connectivity index (χ3v) is 1.78. The van der Waals surface area contributed by atoms with Crippen LogP contribution < -0.4 is 5.73 Å². The van der Waals surface area contributed by atoms with Crippen molar-refractivity contribution in [3.8, 4) is 0 Å². The molecule has 0 aliphatic rings. The topological polar surface area (TPSA) is 56.2 Å². The molecule has 3 heteroatoms. The van der Waals surface area contributed by atoms with Crippen LogP contribution in [0.15, 0.2) is 16.5 Å². The number of hydrogen-bond donors (Lipinski definition) is 1. The standard InChI is InChI=1S/C9H13NO2/c1-3-7-4-5-8(12-7)9(10)6(2)11/h4-5,9H,3,10H2,1-2H3. The smallest absolute Gasteiger partial charge is 0.154 e. The van der Waals surface area contributed by atoms with Crippen molar-refractivity contribution in [3.63, 3.8) is 0 Å². The number of furan rings is 1. The predicted octanol–water partition coefficient (Wildman–Crippen LogP) is 1.43. The summed E-state index contributed by atoms with van der Waals surface area (Å²) in [7, 11) is 0. The molecule has 66 valence electrons. The molecule has 0 bridgehead atoms. The van der Waals surface area contributed by atoms with E-state index < -0.39 is 6.04 Å². The van der Waals surface area contributed by atoms with Crippen molar-refractivity contribution in [2.24, 2.45) is 5.73 Å². The molecular weight excluding hydrogens is 154 g/mol. The molecule has 0 saturated heterocycles. The second-order valence-corrected chi connectivity index (χ2v) is 2.75. The number of Topliss-reactive ketones (excluding diaryl/α,β-unsaturated/α-hetero) is 1. The Balaban J connectivity index is 2.81. The molecule has 0 amide bonds. The van der Waals surface area contributed by atoms with Gasteiger partial charge in [-0.2, -0.15) is 0 Å². The molecule has 1 aromatic heterocycles. The Kier molecular flexibility index (Phi) is 2.65. The Morgan fingerprint density at radius 3 is 2.75 bits per heavy atom. The van der Waals surface area contributed by atoms with Crippen molar-refractivity contribution < 1.29 is 9.21 Å². The quantitative estimate of drug-likeness (QED) is 0.740. The van der Waals surface area contributed by atoms with Crippen LogP contribution in [0.4, 0.5) is 0 Å². The minimum Gasteiger partial charge on any atom is -0.464 e. The monoisotopic (exact) mass is 167 g/mol. The number of carbonyl (C=O) groups is 1. The van der Waals surface area contributed by atoms with Gasteiger partial charge in [0.25, 0.3) is 0 Å². The van der Waals surface area contributed by atoms with Gasteiger partial charge in [0.15, 0.2) is 5.78 Å². The molecule has 1 aromatic rings. The lowest BCUT2D eigenvalue weighted by molar-refractivity contribution is -0.118. The number of ketones is 1. The summed E-state index contributed by atoms with van der Waals surface area (Å²) >= 11 is 0. The van der Waals surface area contributed by atoms with E-state index in [0.717, 1.165) is 12.2 Å². The van der Waals surface area contributed by atoms with Crippen LogP contribution in [0.2, 0.25) is 0 Å². The lowest BCUT2D eigenvalue weighted by Gasteiger charge is -2.02. The molecule has 0 radical (unpaired) electrons. The van der Waals surface area contributed by atoms with Crippen molar-refractivity contribution in [2.75, 3.05) is 0 Å². The fraction of sp³-hybridized carbons (Fsp3) is 0.444. The zero-order valence-electron chi connectivity index (χ0n) is 7.33. The number of nitrogens with two attached hydrogens (primary N) is 1. The molecule has 0 aliphatic heterocycles. The molecule has 0 aromatic carbocycles. The molecule has 1 atom stereocenters. The first-order chi connectivity index (χ1) is 5.65. The highest BCUT2D eigenvalue weighted by atomic mass is 16.3. The van der Waals surface area contributed by atoms with E-state index in [1.165, 1.54) is 6.92 Å². The molecule has 2 N–H and O–H groups in total. The van der Waals surface area contributed by atoms with Gasteiger partial charge >= 0.3 is 0 Å². The SMILES string of the molecule is CCc1ccc(C(N)C(C)=O)o1. The molecule has 3 nitrogen and oxygen atoms in total. The van der Waals surface area contributed by atoms with E-state index in [1.807, 2.05) is 13.0 Å². The summed E-state index contributed by atoms with van der Waals surface area (Å²) in [5, 5.41) is 0. The Labute approximate surface area is 71.6 Å². The van der Waals surface area contributed by atoms with E-state index >= 15 is 0 Å². The molecule has 1 heterocycles. The number of hydrogen-bond acceptors (Lipinski definition) is 3. The van der Waals surface area contributed by atoms with E-state index in [9.17, 15) is 4.79 Å². The van der Waals surface area contributed by atoms with Gasteiger partial charge in [-0.15, -0.1) is 0 Å². The molecule has 1 rings (SSSR count). The number of aryl methyl sites for hydroxylation is 1. The fourth-order valence-electron chi connectivity index (χ4n) is 0.952. The lowest BCUT2D eigenvalue weighted by Crippen LogP contribution is -2.17. The maximum atomic E-state index is 10.9. The van der Waals surface area contributed by atoms with Crippen molar-refractivity contribution >= 4 is 5.78 Å². The Bertz CT molecular complexity index is 278. The molecular formula is C9H13NO2. The van der Waals surface area contributed by atoms with Gasteiger partial charge in [0, 0.05) is 6.42 Å². The Morgan fingerprint density at radius 2 is 2.33 bits per heavy atom. The predicted molar refractivity (Wildman–Crippen MR) is 45.7 cm³/mol. The highest BCUT2D eigenvalue weighted by molar-refractivity contribution is 5.81. The minimum absolute atomic E-state index is 0.0768. The van der Waals surface area contributed by atoms with Crippen LogP contribution in [0.1, 0.15) is 31.4 Å². The van der Waals surface area contributed by atoms with Gasteiger partial charge in [0.1, 0.15) is 17.6 Å². The fourth-order valence-corrected chi connectivity index (χ4v) is 0.952. The van der Waals surface area contributed by atoms with Crippen LogP contribution in [0.25, 0.3) is 0 Å². The van der Waals surface area contributed by atoms with E-state index in [-0.39, 0.29) is 5.78 Å². The average molecular weight is 167 g/mol. The normalized spacial score (nSPS) is 12.9. The summed E-state index contributed by atoms with van der Waals surface area (Å²) in [6, 6.07) is 2.99. The van der Waals surface area contributed by atoms with Gasteiger partial charge in [-0.25, -0.2) is 0 Å². The highest BCUT2D eigenvalue weighted by Crippen LogP contribution is 2.15. The summed E-state index contributed by atoms with van der Waals surface area (Å²) in [5.41, 5.74) is 5.56. The van der Waals surface area contributed by atoms with Gasteiger partial charge in [0.2, 0.25) is 0 Å². The first-order valence-electron chi connectivity index (χ1n) is 3.99.